The molecule has 1 rings (SSSR count). The summed E-state index contributed by atoms with van der Waals surface area (Å²) in [5.74, 6) is -2.06. The quantitative estimate of drug-likeness (QED) is 0.757. The zero-order chi connectivity index (χ0) is 15.8. The van der Waals surface area contributed by atoms with Crippen LogP contribution in [0, 0.1) is 5.92 Å². The van der Waals surface area contributed by atoms with Crippen molar-refractivity contribution in [2.75, 3.05) is 25.1 Å². The number of sulfonamides is 1. The van der Waals surface area contributed by atoms with Crippen LogP contribution >= 0.6 is 0 Å². The summed E-state index contributed by atoms with van der Waals surface area (Å²) in [6.07, 6.45) is 2.26. The normalized spacial score (nSPS) is 22.6. The van der Waals surface area contributed by atoms with Crippen molar-refractivity contribution in [3.8, 4) is 0 Å². The van der Waals surface area contributed by atoms with E-state index in [1.165, 1.54) is 4.31 Å². The lowest BCUT2D eigenvalue weighted by molar-refractivity contribution is -0.139. The Bertz CT molecular complexity index is 578. The van der Waals surface area contributed by atoms with Crippen LogP contribution in [0.25, 0.3) is 0 Å². The Hall–Kier alpha value is -0.670. The largest absolute Gasteiger partial charge is 0.480 e. The number of aliphatic carboxylic acids is 1. The van der Waals surface area contributed by atoms with Gasteiger partial charge in [-0.05, 0) is 32.6 Å². The molecule has 1 N–H and O–H groups in total. The molecule has 0 aromatic carbocycles. The van der Waals surface area contributed by atoms with Crippen molar-refractivity contribution in [3.63, 3.8) is 0 Å². The molecule has 1 atom stereocenters. The van der Waals surface area contributed by atoms with Crippen molar-refractivity contribution in [1.29, 1.82) is 0 Å². The van der Waals surface area contributed by atoms with Crippen LogP contribution in [-0.4, -0.2) is 62.1 Å². The van der Waals surface area contributed by atoms with Gasteiger partial charge in [-0.3, -0.25) is 4.79 Å². The van der Waals surface area contributed by atoms with Crippen LogP contribution in [0.15, 0.2) is 0 Å². The first kappa shape index (κ1) is 17.4. The predicted molar refractivity (Wildman–Crippen MR) is 74.6 cm³/mol. The van der Waals surface area contributed by atoms with Crippen molar-refractivity contribution in [2.24, 2.45) is 5.92 Å². The van der Waals surface area contributed by atoms with E-state index >= 15 is 0 Å². The fourth-order valence-corrected chi connectivity index (χ4v) is 4.63. The number of piperidine rings is 1. The van der Waals surface area contributed by atoms with Gasteiger partial charge in [0.15, 0.2) is 14.6 Å². The summed E-state index contributed by atoms with van der Waals surface area (Å²) in [7, 11) is -7.19. The lowest BCUT2D eigenvalue weighted by Crippen LogP contribution is -2.46. The van der Waals surface area contributed by atoms with Crippen molar-refractivity contribution in [1.82, 2.24) is 4.31 Å². The fraction of sp³-hybridized carbons (Fsp3) is 0.909. The Morgan fingerprint density at radius 1 is 1.30 bits per heavy atom. The molecule has 0 amide bonds. The molecule has 0 aromatic rings. The third kappa shape index (κ3) is 3.70. The molecule has 0 aliphatic carbocycles. The number of carboxylic acid groups (broad SMARTS) is 1. The molecule has 1 heterocycles. The number of carboxylic acids is 1. The summed E-state index contributed by atoms with van der Waals surface area (Å²) in [5, 5.41) is 9.00. The number of hydrogen-bond acceptors (Lipinski definition) is 5. The number of carbonyl (C=O) groups is 1. The summed E-state index contributed by atoms with van der Waals surface area (Å²) in [4.78, 5) is 11.0. The molecule has 0 radical (unpaired) electrons. The van der Waals surface area contributed by atoms with Gasteiger partial charge in [-0.25, -0.2) is 21.1 Å². The summed E-state index contributed by atoms with van der Waals surface area (Å²) >= 11 is 0. The van der Waals surface area contributed by atoms with E-state index in [0.29, 0.717) is 19.4 Å². The maximum Gasteiger partial charge on any atom is 0.324 e. The molecule has 0 bridgehead atoms. The van der Waals surface area contributed by atoms with E-state index < -0.39 is 30.6 Å². The fourth-order valence-electron chi connectivity index (χ4n) is 2.12. The molecule has 9 heteroatoms. The van der Waals surface area contributed by atoms with E-state index in [0.717, 1.165) is 20.1 Å². The molecule has 1 fully saturated rings. The molecule has 1 aliphatic heterocycles. The molecule has 1 unspecified atom stereocenters. The minimum absolute atomic E-state index is 0.133. The number of sulfone groups is 1. The maximum absolute atomic E-state index is 12.2. The molecule has 118 valence electrons. The van der Waals surface area contributed by atoms with Gasteiger partial charge in [-0.1, -0.05) is 0 Å². The summed E-state index contributed by atoms with van der Waals surface area (Å²) < 4.78 is 46.7. The van der Waals surface area contributed by atoms with Crippen LogP contribution in [0.3, 0.4) is 0 Å². The Morgan fingerprint density at radius 3 is 2.30 bits per heavy atom. The molecule has 20 heavy (non-hydrogen) atoms. The third-order valence-electron chi connectivity index (χ3n) is 3.70. The molecule has 1 saturated heterocycles. The zero-order valence-electron chi connectivity index (χ0n) is 11.9. The second-order valence-electron chi connectivity index (χ2n) is 5.73. The summed E-state index contributed by atoms with van der Waals surface area (Å²) in [5.41, 5.74) is 0. The second-order valence-corrected chi connectivity index (χ2v) is 10.3. The van der Waals surface area contributed by atoms with Gasteiger partial charge in [0.2, 0.25) is 10.0 Å². The lowest BCUT2D eigenvalue weighted by atomic mass is 10.0. The van der Waals surface area contributed by atoms with Crippen LogP contribution in [-0.2, 0) is 24.7 Å². The highest BCUT2D eigenvalue weighted by atomic mass is 32.2. The van der Waals surface area contributed by atoms with E-state index in [1.54, 1.807) is 0 Å². The van der Waals surface area contributed by atoms with E-state index in [1.807, 2.05) is 0 Å². The lowest BCUT2D eigenvalue weighted by Gasteiger charge is -2.32. The van der Waals surface area contributed by atoms with Crippen molar-refractivity contribution >= 4 is 25.8 Å². The third-order valence-corrected chi connectivity index (χ3v) is 7.61. The highest BCUT2D eigenvalue weighted by Crippen LogP contribution is 2.25. The van der Waals surface area contributed by atoms with Gasteiger partial charge in [0.25, 0.3) is 0 Å². The van der Waals surface area contributed by atoms with Gasteiger partial charge in [0.1, 0.15) is 0 Å². The highest BCUT2D eigenvalue weighted by molar-refractivity contribution is 7.93. The standard InChI is InChI=1S/C11H21NO6S2/c1-11(2,10(13)14)20(17,18)8-9-5-4-6-12(7-9)19(3,15)16/h9H,4-8H2,1-3H3,(H,13,14). The summed E-state index contributed by atoms with van der Waals surface area (Å²) in [6.45, 7) is 2.83. The molecular weight excluding hydrogens is 306 g/mol. The van der Waals surface area contributed by atoms with Crippen LogP contribution in [0.2, 0.25) is 0 Å². The van der Waals surface area contributed by atoms with Crippen LogP contribution in [0.1, 0.15) is 26.7 Å². The van der Waals surface area contributed by atoms with E-state index in [2.05, 4.69) is 0 Å². The molecule has 0 aromatic heterocycles. The first-order valence-electron chi connectivity index (χ1n) is 6.29. The zero-order valence-corrected chi connectivity index (χ0v) is 13.5. The first-order valence-corrected chi connectivity index (χ1v) is 9.79. The van der Waals surface area contributed by atoms with Gasteiger partial charge < -0.3 is 5.11 Å². The molecule has 7 nitrogen and oxygen atoms in total. The monoisotopic (exact) mass is 327 g/mol. The second kappa shape index (κ2) is 5.61. The SMILES string of the molecule is CC(C)(C(=O)O)S(=O)(=O)CC1CCCN(S(C)(=O)=O)C1. The van der Waals surface area contributed by atoms with Gasteiger partial charge in [-0.2, -0.15) is 0 Å². The minimum Gasteiger partial charge on any atom is -0.480 e. The predicted octanol–water partition coefficient (Wildman–Crippen LogP) is -0.0640. The highest BCUT2D eigenvalue weighted by Gasteiger charge is 2.43. The van der Waals surface area contributed by atoms with Crippen LogP contribution in [0.5, 0.6) is 0 Å². The van der Waals surface area contributed by atoms with Gasteiger partial charge in [0, 0.05) is 13.1 Å². The molecule has 0 saturated carbocycles. The van der Waals surface area contributed by atoms with Crippen molar-refractivity contribution < 1.29 is 26.7 Å². The maximum atomic E-state index is 12.2. The smallest absolute Gasteiger partial charge is 0.324 e. The number of hydrogen-bond donors (Lipinski definition) is 1. The number of rotatable bonds is 5. The Morgan fingerprint density at radius 2 is 1.85 bits per heavy atom. The number of nitrogens with zero attached hydrogens (tertiary/aromatic N) is 1. The van der Waals surface area contributed by atoms with E-state index in [4.69, 9.17) is 5.11 Å². The Balaban J connectivity index is 2.86. The average molecular weight is 327 g/mol. The van der Waals surface area contributed by atoms with Gasteiger partial charge >= 0.3 is 5.97 Å². The Kier molecular flexibility index (Phi) is 4.87. The topological polar surface area (TPSA) is 109 Å². The van der Waals surface area contributed by atoms with Gasteiger partial charge in [0.05, 0.1) is 12.0 Å². The summed E-state index contributed by atoms with van der Waals surface area (Å²) in [6, 6.07) is 0. The van der Waals surface area contributed by atoms with Crippen LogP contribution in [0.4, 0.5) is 0 Å². The van der Waals surface area contributed by atoms with E-state index in [-0.39, 0.29) is 18.2 Å². The van der Waals surface area contributed by atoms with Crippen molar-refractivity contribution in [2.45, 2.75) is 31.4 Å². The van der Waals surface area contributed by atoms with Gasteiger partial charge in [-0.15, -0.1) is 0 Å². The van der Waals surface area contributed by atoms with E-state index in [9.17, 15) is 21.6 Å². The molecule has 1 aliphatic rings. The molecule has 0 spiro atoms. The van der Waals surface area contributed by atoms with Crippen LogP contribution < -0.4 is 0 Å². The van der Waals surface area contributed by atoms with Crippen molar-refractivity contribution in [3.05, 3.63) is 0 Å². The Labute approximate surface area is 119 Å². The average Bonchev–Trinajstić information content (AvgIpc) is 2.27. The first-order chi connectivity index (χ1) is 8.88. The molecular formula is C11H21NO6S2. The minimum atomic E-state index is -3.85.